The van der Waals surface area contributed by atoms with Crippen molar-refractivity contribution in [3.05, 3.63) is 16.7 Å². The molecule has 27 heavy (non-hydrogen) atoms. The number of rotatable bonds is 2. The molecule has 1 fully saturated rings. The number of nitrogens with one attached hydrogen (secondary N) is 1. The van der Waals surface area contributed by atoms with Crippen molar-refractivity contribution in [3.8, 4) is 0 Å². The molecule has 0 aliphatic carbocycles. The van der Waals surface area contributed by atoms with E-state index in [1.165, 1.54) is 17.8 Å². The average molecular weight is 402 g/mol. The van der Waals surface area contributed by atoms with Gasteiger partial charge in [0.2, 0.25) is 0 Å². The molecular formula is C14H15N6NaO5S. The van der Waals surface area contributed by atoms with Crippen LogP contribution < -0.4 is 40.9 Å². The minimum atomic E-state index is -1.81. The number of aliphatic hydroxyl groups is 3. The summed E-state index contributed by atoms with van der Waals surface area (Å²) in [6, 6.07) is 0. The van der Waals surface area contributed by atoms with Crippen LogP contribution >= 0.6 is 0 Å². The molecule has 0 unspecified atom stereocenters. The van der Waals surface area contributed by atoms with Gasteiger partial charge in [-0.25, -0.2) is 15.0 Å². The van der Waals surface area contributed by atoms with Gasteiger partial charge in [-0.15, -0.1) is 0 Å². The first-order valence-electron chi connectivity index (χ1n) is 7.65. The van der Waals surface area contributed by atoms with Crippen LogP contribution in [0.4, 0.5) is 5.82 Å². The fourth-order valence-electron chi connectivity index (χ4n) is 3.34. The minimum Gasteiger partial charge on any atom is -0.742 e. The summed E-state index contributed by atoms with van der Waals surface area (Å²) in [6.07, 6.45) is -2.42. The third kappa shape index (κ3) is 2.84. The molecule has 0 radical (unpaired) electrons. The maximum Gasteiger partial charge on any atom is 1.00 e. The number of fused-ring (bicyclic) bond motifs is 3. The van der Waals surface area contributed by atoms with Crippen molar-refractivity contribution in [1.29, 1.82) is 0 Å². The van der Waals surface area contributed by atoms with E-state index in [4.69, 9.17) is 23.1 Å². The number of nitrogens with zero attached hydrogens (tertiary/aromatic N) is 4. The number of ether oxygens (including phenoxy) is 1. The molecule has 4 atom stereocenters. The molecule has 0 amide bonds. The van der Waals surface area contributed by atoms with Crippen LogP contribution in [0.3, 0.4) is 0 Å². The van der Waals surface area contributed by atoms with Crippen LogP contribution in [-0.2, 0) is 17.4 Å². The molecule has 138 valence electrons. The molecule has 1 saturated heterocycles. The van der Waals surface area contributed by atoms with Crippen LogP contribution in [0, 0.1) is 0 Å². The first-order valence-corrected chi connectivity index (χ1v) is 8.06. The summed E-state index contributed by atoms with van der Waals surface area (Å²) >= 11 is 4.99. The molecule has 0 aromatic carbocycles. The van der Waals surface area contributed by atoms with E-state index in [1.54, 1.807) is 0 Å². The summed E-state index contributed by atoms with van der Waals surface area (Å²) in [5, 5.41) is 30.7. The van der Waals surface area contributed by atoms with Crippen LogP contribution in [0.2, 0.25) is 0 Å². The number of aromatic amines is 1. The standard InChI is InChI=1S/C14H16N6O5S.Na/c1-14(24)7(22)4(2-21)25-12(14)20-9-5(8(15)16-3-17-9)6-10(20)18-13(26)19-11(6)23;/h3-4,7,12,21-22,24H,2H2,1H3,(H2,15,16,17)(H2,18,19,23,26);/q;+1/p-1/t4-,7-,12-,14-;/m1./s1. The van der Waals surface area contributed by atoms with Crippen molar-refractivity contribution >= 4 is 40.5 Å². The van der Waals surface area contributed by atoms with Gasteiger partial charge in [0.25, 0.3) is 5.56 Å². The second kappa shape index (κ2) is 6.90. The van der Waals surface area contributed by atoms with E-state index in [0.717, 1.165) is 0 Å². The Balaban J connectivity index is 0.00000210. The van der Waals surface area contributed by atoms with E-state index in [2.05, 4.69) is 19.9 Å². The van der Waals surface area contributed by atoms with Crippen LogP contribution in [0.1, 0.15) is 13.2 Å². The van der Waals surface area contributed by atoms with Crippen molar-refractivity contribution in [2.24, 2.45) is 0 Å². The maximum atomic E-state index is 12.5. The van der Waals surface area contributed by atoms with E-state index < -0.39 is 36.2 Å². The molecule has 0 saturated carbocycles. The SMILES string of the molecule is C[C@@]1(O)[C@H](O)[C@@H](CO)O[C@H]1n1c2ncnc(N)c2c2c(=O)[nH]c([S-])nc21.[Na+]. The molecule has 13 heteroatoms. The number of nitrogens with two attached hydrogens (primary N) is 1. The summed E-state index contributed by atoms with van der Waals surface area (Å²) in [4.78, 5) is 27.1. The quantitative estimate of drug-likeness (QED) is 0.159. The Morgan fingerprint density at radius 3 is 2.74 bits per heavy atom. The Hall–Kier alpha value is -1.38. The van der Waals surface area contributed by atoms with Crippen molar-refractivity contribution < 1.29 is 49.6 Å². The zero-order valence-electron chi connectivity index (χ0n) is 14.4. The Morgan fingerprint density at radius 1 is 1.41 bits per heavy atom. The second-order valence-corrected chi connectivity index (χ2v) is 6.66. The van der Waals surface area contributed by atoms with Gasteiger partial charge in [0, 0.05) is 0 Å². The number of hydrogen-bond acceptors (Lipinski definition) is 10. The van der Waals surface area contributed by atoms with Crippen molar-refractivity contribution in [3.63, 3.8) is 0 Å². The number of nitrogen functional groups attached to an aromatic ring is 1. The van der Waals surface area contributed by atoms with Crippen molar-refractivity contribution in [2.45, 2.75) is 36.1 Å². The number of aliphatic hydroxyl groups excluding tert-OH is 2. The smallest absolute Gasteiger partial charge is 0.742 e. The van der Waals surface area contributed by atoms with E-state index in [0.29, 0.717) is 0 Å². The van der Waals surface area contributed by atoms with Crippen LogP contribution in [0.15, 0.2) is 16.3 Å². The van der Waals surface area contributed by atoms with Gasteiger partial charge < -0.3 is 43.4 Å². The second-order valence-electron chi connectivity index (χ2n) is 6.28. The van der Waals surface area contributed by atoms with E-state index in [-0.39, 0.29) is 62.6 Å². The van der Waals surface area contributed by atoms with Gasteiger partial charge in [-0.05, 0) is 12.1 Å². The normalized spacial score (nSPS) is 27.9. The van der Waals surface area contributed by atoms with Gasteiger partial charge in [-0.1, -0.05) is 0 Å². The molecule has 0 spiro atoms. The zero-order chi connectivity index (χ0) is 18.8. The Morgan fingerprint density at radius 2 is 2.11 bits per heavy atom. The molecule has 4 heterocycles. The van der Waals surface area contributed by atoms with Gasteiger partial charge in [0.05, 0.1) is 17.4 Å². The van der Waals surface area contributed by atoms with Crippen molar-refractivity contribution in [1.82, 2.24) is 24.5 Å². The maximum absolute atomic E-state index is 12.5. The Labute approximate surface area is 179 Å². The first-order chi connectivity index (χ1) is 12.3. The first kappa shape index (κ1) is 20.4. The molecule has 4 rings (SSSR count). The topological polar surface area (TPSA) is 172 Å². The van der Waals surface area contributed by atoms with E-state index >= 15 is 0 Å². The van der Waals surface area contributed by atoms with Crippen LogP contribution in [0.5, 0.6) is 0 Å². The Bertz CT molecular complexity index is 1090. The summed E-state index contributed by atoms with van der Waals surface area (Å²) in [5.74, 6) is 0.0417. The van der Waals surface area contributed by atoms with E-state index in [1.807, 2.05) is 0 Å². The molecule has 3 aromatic heterocycles. The zero-order valence-corrected chi connectivity index (χ0v) is 17.3. The van der Waals surface area contributed by atoms with Crippen molar-refractivity contribution in [2.75, 3.05) is 12.3 Å². The molecule has 6 N–H and O–H groups in total. The number of anilines is 1. The molecule has 11 nitrogen and oxygen atoms in total. The van der Waals surface area contributed by atoms with Crippen LogP contribution in [-0.4, -0.2) is 64.2 Å². The fraction of sp³-hybridized carbons (Fsp3) is 0.429. The van der Waals surface area contributed by atoms with Crippen LogP contribution in [0.25, 0.3) is 22.1 Å². The molecule has 1 aliphatic heterocycles. The summed E-state index contributed by atoms with van der Waals surface area (Å²) < 4.78 is 6.98. The van der Waals surface area contributed by atoms with Gasteiger partial charge in [-0.2, -0.15) is 0 Å². The van der Waals surface area contributed by atoms with Gasteiger partial charge >= 0.3 is 29.6 Å². The summed E-state index contributed by atoms with van der Waals surface area (Å²) in [6.45, 7) is 0.838. The third-order valence-electron chi connectivity index (χ3n) is 4.61. The van der Waals surface area contributed by atoms with Gasteiger partial charge in [-0.3, -0.25) is 9.36 Å². The fourth-order valence-corrected chi connectivity index (χ4v) is 3.52. The summed E-state index contributed by atoms with van der Waals surface area (Å²) in [5.41, 5.74) is 3.84. The molecule has 3 aromatic rings. The predicted molar refractivity (Wildman–Crippen MR) is 91.1 cm³/mol. The summed E-state index contributed by atoms with van der Waals surface area (Å²) in [7, 11) is 0. The van der Waals surface area contributed by atoms with Gasteiger partial charge in [0.1, 0.15) is 41.2 Å². The molecule has 0 bridgehead atoms. The number of aromatic nitrogens is 5. The minimum absolute atomic E-state index is 0. The monoisotopic (exact) mass is 402 g/mol. The number of hydrogen-bond donors (Lipinski definition) is 5. The third-order valence-corrected chi connectivity index (χ3v) is 4.80. The molecule has 1 aliphatic rings. The van der Waals surface area contributed by atoms with Gasteiger partial charge in [0.15, 0.2) is 6.23 Å². The average Bonchev–Trinajstić information content (AvgIpc) is 3.01. The largest absolute Gasteiger partial charge is 1.00 e. The van der Waals surface area contributed by atoms with E-state index in [9.17, 15) is 20.1 Å². The molecular weight excluding hydrogens is 387 g/mol. The number of H-pyrrole nitrogens is 1. The predicted octanol–water partition coefficient (Wildman–Crippen LogP) is -4.84. The Kier molecular flexibility index (Phi) is 5.20.